The van der Waals surface area contributed by atoms with Crippen molar-refractivity contribution in [1.29, 1.82) is 0 Å². The smallest absolute Gasteiger partial charge is 0.107 e. The van der Waals surface area contributed by atoms with Gasteiger partial charge in [-0.3, -0.25) is 0 Å². The molecule has 0 aliphatic carbocycles. The number of hydrogen-bond acceptors (Lipinski definition) is 1. The van der Waals surface area contributed by atoms with Crippen LogP contribution in [-0.4, -0.2) is 4.98 Å². The van der Waals surface area contributed by atoms with Crippen molar-refractivity contribution in [3.05, 3.63) is 29.4 Å². The number of benzene rings is 1. The highest BCUT2D eigenvalue weighted by Gasteiger charge is 1.96. The lowest BCUT2D eigenvalue weighted by molar-refractivity contribution is 1.48. The Hall–Kier alpha value is -0.860. The number of H-pyrrole nitrogens is 1. The number of hydrogen-bond donors (Lipinski definition) is 2. The molecule has 1 heterocycles. The molecule has 2 rings (SSSR count). The fourth-order valence-electron chi connectivity index (χ4n) is 1.12. The molecule has 0 saturated heterocycles. The van der Waals surface area contributed by atoms with Gasteiger partial charge in [-0.1, -0.05) is 11.6 Å². The number of fused-ring (bicyclic) bond motifs is 1. The summed E-state index contributed by atoms with van der Waals surface area (Å²) >= 11 is 5.74. The number of nitrogen functional groups attached to an aromatic ring is 1. The Kier molecular flexibility index (Phi) is 2.50. The number of nitrogens with one attached hydrogen (secondary N) is 1. The van der Waals surface area contributed by atoms with Crippen LogP contribution in [0, 0.1) is 0 Å². The molecule has 0 radical (unpaired) electrons. The van der Waals surface area contributed by atoms with Crippen molar-refractivity contribution in [2.75, 3.05) is 5.73 Å². The van der Waals surface area contributed by atoms with Crippen molar-refractivity contribution < 1.29 is 0 Å². The summed E-state index contributed by atoms with van der Waals surface area (Å²) in [4.78, 5) is 3.00. The molecule has 4 heteroatoms. The highest BCUT2D eigenvalue weighted by Crippen LogP contribution is 2.20. The third kappa shape index (κ3) is 1.49. The minimum atomic E-state index is 0. The molecule has 1 aromatic carbocycles. The van der Waals surface area contributed by atoms with E-state index in [9.17, 15) is 0 Å². The fraction of sp³-hybridized carbons (Fsp3) is 0. The van der Waals surface area contributed by atoms with Gasteiger partial charge in [0.2, 0.25) is 0 Å². The normalized spacial score (nSPS) is 9.75. The van der Waals surface area contributed by atoms with E-state index < -0.39 is 0 Å². The standard InChI is InChI=1S/C8H7ClN2.ClH/c9-8-4-5-3-6(10)1-2-7(5)11-8;/h1-4,11H,10H2;1H. The van der Waals surface area contributed by atoms with Gasteiger partial charge in [-0.25, -0.2) is 0 Å². The SMILES string of the molecule is Cl.Nc1ccc2[nH]c(Cl)cc2c1. The van der Waals surface area contributed by atoms with Crippen LogP contribution in [0.2, 0.25) is 5.15 Å². The zero-order chi connectivity index (χ0) is 7.84. The summed E-state index contributed by atoms with van der Waals surface area (Å²) in [6.07, 6.45) is 0. The maximum absolute atomic E-state index is 5.74. The van der Waals surface area contributed by atoms with E-state index in [-0.39, 0.29) is 12.4 Å². The monoisotopic (exact) mass is 202 g/mol. The second-order valence-electron chi connectivity index (χ2n) is 2.46. The first-order chi connectivity index (χ1) is 5.25. The highest BCUT2D eigenvalue weighted by molar-refractivity contribution is 6.30. The molecule has 0 unspecified atom stereocenters. The van der Waals surface area contributed by atoms with Gasteiger partial charge in [0.1, 0.15) is 5.15 Å². The summed E-state index contributed by atoms with van der Waals surface area (Å²) in [5, 5.41) is 1.70. The van der Waals surface area contributed by atoms with Crippen LogP contribution in [0.15, 0.2) is 24.3 Å². The quantitative estimate of drug-likeness (QED) is 0.635. The summed E-state index contributed by atoms with van der Waals surface area (Å²) < 4.78 is 0. The third-order valence-electron chi connectivity index (χ3n) is 1.61. The van der Waals surface area contributed by atoms with Gasteiger partial charge in [-0.05, 0) is 24.3 Å². The highest BCUT2D eigenvalue weighted by atomic mass is 35.5. The maximum atomic E-state index is 5.74. The first-order valence-electron chi connectivity index (χ1n) is 3.29. The predicted molar refractivity (Wildman–Crippen MR) is 55.0 cm³/mol. The molecular weight excluding hydrogens is 195 g/mol. The summed E-state index contributed by atoms with van der Waals surface area (Å²) in [5.74, 6) is 0. The van der Waals surface area contributed by atoms with E-state index in [0.717, 1.165) is 16.6 Å². The van der Waals surface area contributed by atoms with Gasteiger partial charge < -0.3 is 10.7 Å². The molecule has 0 saturated carbocycles. The van der Waals surface area contributed by atoms with E-state index in [1.807, 2.05) is 24.3 Å². The zero-order valence-corrected chi connectivity index (χ0v) is 7.75. The minimum absolute atomic E-state index is 0. The van der Waals surface area contributed by atoms with Crippen LogP contribution < -0.4 is 5.73 Å². The summed E-state index contributed by atoms with van der Waals surface area (Å²) in [5.41, 5.74) is 7.35. The largest absolute Gasteiger partial charge is 0.399 e. The van der Waals surface area contributed by atoms with Crippen LogP contribution in [0.3, 0.4) is 0 Å². The van der Waals surface area contributed by atoms with Crippen LogP contribution in [-0.2, 0) is 0 Å². The van der Waals surface area contributed by atoms with Crippen molar-refractivity contribution in [3.63, 3.8) is 0 Å². The molecule has 1 aromatic heterocycles. The molecule has 64 valence electrons. The summed E-state index contributed by atoms with van der Waals surface area (Å²) in [7, 11) is 0. The molecule has 0 bridgehead atoms. The first kappa shape index (κ1) is 9.23. The number of anilines is 1. The summed E-state index contributed by atoms with van der Waals surface area (Å²) in [6.45, 7) is 0. The molecular formula is C8H8Cl2N2. The molecule has 3 N–H and O–H groups in total. The van der Waals surface area contributed by atoms with Gasteiger partial charge in [0, 0.05) is 16.6 Å². The number of aromatic amines is 1. The van der Waals surface area contributed by atoms with Crippen LogP contribution in [0.1, 0.15) is 0 Å². The zero-order valence-electron chi connectivity index (χ0n) is 6.17. The Balaban J connectivity index is 0.000000720. The lowest BCUT2D eigenvalue weighted by atomic mass is 10.2. The molecule has 12 heavy (non-hydrogen) atoms. The molecule has 2 nitrogen and oxygen atoms in total. The van der Waals surface area contributed by atoms with E-state index in [1.54, 1.807) is 0 Å². The van der Waals surface area contributed by atoms with E-state index in [4.69, 9.17) is 17.3 Å². The summed E-state index contributed by atoms with van der Waals surface area (Å²) in [6, 6.07) is 7.50. The van der Waals surface area contributed by atoms with E-state index >= 15 is 0 Å². The van der Waals surface area contributed by atoms with Crippen molar-refractivity contribution in [2.45, 2.75) is 0 Å². The van der Waals surface area contributed by atoms with Crippen LogP contribution >= 0.6 is 24.0 Å². The van der Waals surface area contributed by atoms with Crippen LogP contribution in [0.25, 0.3) is 10.9 Å². The second-order valence-corrected chi connectivity index (χ2v) is 2.87. The molecule has 0 aliphatic rings. The Morgan fingerprint density at radius 1 is 1.25 bits per heavy atom. The van der Waals surface area contributed by atoms with Crippen molar-refractivity contribution >= 4 is 40.6 Å². The Labute approximate surface area is 81.1 Å². The number of aromatic nitrogens is 1. The van der Waals surface area contributed by atoms with E-state index in [2.05, 4.69) is 4.98 Å². The van der Waals surface area contributed by atoms with Gasteiger partial charge in [0.25, 0.3) is 0 Å². The Bertz CT molecular complexity index is 395. The van der Waals surface area contributed by atoms with Gasteiger partial charge >= 0.3 is 0 Å². The third-order valence-corrected chi connectivity index (χ3v) is 1.82. The lowest BCUT2D eigenvalue weighted by Gasteiger charge is -1.90. The fourth-order valence-corrected chi connectivity index (χ4v) is 1.34. The van der Waals surface area contributed by atoms with Crippen molar-refractivity contribution in [1.82, 2.24) is 4.98 Å². The molecule has 0 fully saturated rings. The second kappa shape index (κ2) is 3.25. The first-order valence-corrected chi connectivity index (χ1v) is 3.67. The predicted octanol–water partition coefficient (Wildman–Crippen LogP) is 2.83. The number of rotatable bonds is 0. The van der Waals surface area contributed by atoms with Crippen LogP contribution in [0.5, 0.6) is 0 Å². The van der Waals surface area contributed by atoms with Gasteiger partial charge in [-0.15, -0.1) is 12.4 Å². The van der Waals surface area contributed by atoms with Crippen molar-refractivity contribution in [3.8, 4) is 0 Å². The van der Waals surface area contributed by atoms with Crippen LogP contribution in [0.4, 0.5) is 5.69 Å². The average Bonchev–Trinajstić information content (AvgIpc) is 2.27. The van der Waals surface area contributed by atoms with Gasteiger partial charge in [-0.2, -0.15) is 0 Å². The lowest BCUT2D eigenvalue weighted by Crippen LogP contribution is -1.81. The Morgan fingerprint density at radius 2 is 2.00 bits per heavy atom. The number of halogens is 2. The molecule has 0 atom stereocenters. The number of nitrogens with two attached hydrogens (primary N) is 1. The van der Waals surface area contributed by atoms with Crippen molar-refractivity contribution in [2.24, 2.45) is 0 Å². The minimum Gasteiger partial charge on any atom is -0.399 e. The molecule has 0 aliphatic heterocycles. The molecule has 0 spiro atoms. The Morgan fingerprint density at radius 3 is 2.75 bits per heavy atom. The average molecular weight is 203 g/mol. The van der Waals surface area contributed by atoms with E-state index in [0.29, 0.717) is 5.15 Å². The van der Waals surface area contributed by atoms with Gasteiger partial charge in [0.05, 0.1) is 0 Å². The maximum Gasteiger partial charge on any atom is 0.107 e. The molecule has 2 aromatic rings. The molecule has 0 amide bonds. The van der Waals surface area contributed by atoms with Gasteiger partial charge in [0.15, 0.2) is 0 Å². The topological polar surface area (TPSA) is 41.8 Å². The van der Waals surface area contributed by atoms with E-state index in [1.165, 1.54) is 0 Å².